The van der Waals surface area contributed by atoms with Gasteiger partial charge in [-0.2, -0.15) is 0 Å². The fourth-order valence-corrected chi connectivity index (χ4v) is 5.58. The van der Waals surface area contributed by atoms with Gasteiger partial charge in [0.15, 0.2) is 0 Å². The van der Waals surface area contributed by atoms with Gasteiger partial charge >= 0.3 is 0 Å². The molecule has 0 aliphatic carbocycles. The van der Waals surface area contributed by atoms with Crippen LogP contribution in [0.4, 0.5) is 4.79 Å². The minimum Gasteiger partial charge on any atom is -0.530 e. The summed E-state index contributed by atoms with van der Waals surface area (Å²) in [5, 5.41) is 11.6. The first-order valence-electron chi connectivity index (χ1n) is 14.0. The van der Waals surface area contributed by atoms with E-state index < -0.39 is 6.09 Å². The van der Waals surface area contributed by atoms with Crippen molar-refractivity contribution in [2.24, 2.45) is 5.92 Å². The number of carbonyl (C=O) groups excluding carboxylic acids is 1. The van der Waals surface area contributed by atoms with Gasteiger partial charge in [0.25, 0.3) is 0 Å². The van der Waals surface area contributed by atoms with Crippen LogP contribution in [0.2, 0.25) is 0 Å². The highest BCUT2D eigenvalue weighted by Crippen LogP contribution is 2.26. The van der Waals surface area contributed by atoms with Crippen molar-refractivity contribution in [3.63, 3.8) is 0 Å². The van der Waals surface area contributed by atoms with E-state index in [1.807, 2.05) is 48.8 Å². The number of rotatable bonds is 11. The molecule has 0 bridgehead atoms. The fourth-order valence-electron chi connectivity index (χ4n) is 5.58. The third kappa shape index (κ3) is 7.36. The monoisotopic (exact) mass is 521 g/mol. The number of allylic oxidation sites excluding steroid dienone is 1. The third-order valence-electron chi connectivity index (χ3n) is 7.85. The third-order valence-corrected chi connectivity index (χ3v) is 7.85. The predicted molar refractivity (Wildman–Crippen MR) is 154 cm³/mol. The van der Waals surface area contributed by atoms with Crippen LogP contribution < -0.4 is 5.11 Å². The molecule has 5 rings (SSSR count). The van der Waals surface area contributed by atoms with Gasteiger partial charge in [-0.3, -0.25) is 0 Å². The maximum Gasteiger partial charge on any atom is 0.137 e. The molecule has 3 aromatic carbocycles. The van der Waals surface area contributed by atoms with Crippen molar-refractivity contribution < 1.29 is 9.90 Å². The average Bonchev–Trinajstić information content (AvgIpc) is 3.39. The summed E-state index contributed by atoms with van der Waals surface area (Å²) in [5.41, 5.74) is 4.58. The molecule has 0 saturated carbocycles. The van der Waals surface area contributed by atoms with E-state index in [2.05, 4.69) is 69.1 Å². The van der Waals surface area contributed by atoms with Gasteiger partial charge in [-0.1, -0.05) is 84.9 Å². The lowest BCUT2D eigenvalue weighted by Crippen LogP contribution is -2.40. The standard InChI is InChI=1S/C33H38N4O2/c38-33(39)36(24-28-10-3-1-4-11-28)20-9-12-27-17-21-35(22-18-27)23-19-30(29-13-5-2-6-14-29)25-37-26-34-31-15-7-8-16-32(31)37/h1-16,26-27,30H,17-25H2,(H,38,39)/p-1. The largest absolute Gasteiger partial charge is 0.530 e. The van der Waals surface area contributed by atoms with Crippen LogP contribution in [-0.4, -0.2) is 51.6 Å². The Morgan fingerprint density at radius 3 is 2.41 bits per heavy atom. The van der Waals surface area contributed by atoms with E-state index in [9.17, 15) is 9.90 Å². The van der Waals surface area contributed by atoms with Crippen LogP contribution in [-0.2, 0) is 13.1 Å². The lowest BCUT2D eigenvalue weighted by atomic mass is 9.93. The first-order valence-corrected chi connectivity index (χ1v) is 14.0. The second kappa shape index (κ2) is 13.3. The summed E-state index contributed by atoms with van der Waals surface area (Å²) in [6.07, 6.45) is 8.34. The van der Waals surface area contributed by atoms with Crippen molar-refractivity contribution in [1.82, 2.24) is 19.4 Å². The summed E-state index contributed by atoms with van der Waals surface area (Å²) in [6.45, 7) is 4.83. The van der Waals surface area contributed by atoms with Crippen molar-refractivity contribution in [1.29, 1.82) is 0 Å². The molecule has 1 atom stereocenters. The highest BCUT2D eigenvalue weighted by Gasteiger charge is 2.20. The molecule has 1 fully saturated rings. The molecular formula is C33H37N4O2-. The lowest BCUT2D eigenvalue weighted by molar-refractivity contribution is -0.265. The number of nitrogens with zero attached hydrogens (tertiary/aromatic N) is 4. The number of piperidine rings is 1. The van der Waals surface area contributed by atoms with Gasteiger partial charge in [-0.05, 0) is 68.1 Å². The Kier molecular flexibility index (Phi) is 9.07. The van der Waals surface area contributed by atoms with Crippen LogP contribution in [0.5, 0.6) is 0 Å². The molecule has 1 aliphatic rings. The number of likely N-dealkylation sites (tertiary alicyclic amines) is 1. The molecule has 6 heteroatoms. The number of amides is 1. The number of para-hydroxylation sites is 2. The van der Waals surface area contributed by atoms with Gasteiger partial charge in [-0.15, -0.1) is 0 Å². The van der Waals surface area contributed by atoms with E-state index in [1.54, 1.807) is 0 Å². The summed E-state index contributed by atoms with van der Waals surface area (Å²) >= 11 is 0. The van der Waals surface area contributed by atoms with Crippen molar-refractivity contribution in [3.8, 4) is 0 Å². The van der Waals surface area contributed by atoms with E-state index >= 15 is 0 Å². The van der Waals surface area contributed by atoms with E-state index in [1.165, 1.54) is 16.0 Å². The first-order chi connectivity index (χ1) is 19.2. The van der Waals surface area contributed by atoms with Gasteiger partial charge in [-0.25, -0.2) is 4.98 Å². The molecule has 0 N–H and O–H groups in total. The van der Waals surface area contributed by atoms with Crippen LogP contribution >= 0.6 is 0 Å². The Balaban J connectivity index is 1.12. The van der Waals surface area contributed by atoms with Crippen LogP contribution in [0.1, 0.15) is 36.3 Å². The Morgan fingerprint density at radius 2 is 1.67 bits per heavy atom. The van der Waals surface area contributed by atoms with Crippen molar-refractivity contribution in [2.75, 3.05) is 26.2 Å². The highest BCUT2D eigenvalue weighted by molar-refractivity contribution is 5.74. The first kappa shape index (κ1) is 26.7. The van der Waals surface area contributed by atoms with Crippen LogP contribution in [0.25, 0.3) is 11.0 Å². The van der Waals surface area contributed by atoms with Crippen molar-refractivity contribution in [3.05, 3.63) is 115 Å². The van der Waals surface area contributed by atoms with Gasteiger partial charge < -0.3 is 24.3 Å². The van der Waals surface area contributed by atoms with Gasteiger partial charge in [0.2, 0.25) is 0 Å². The molecule has 1 aliphatic heterocycles. The Labute approximate surface area is 231 Å². The Morgan fingerprint density at radius 1 is 0.974 bits per heavy atom. The minimum atomic E-state index is -1.13. The number of hydrogen-bond donors (Lipinski definition) is 0. The Hall–Kier alpha value is -3.90. The second-order valence-electron chi connectivity index (χ2n) is 10.5. The maximum atomic E-state index is 11.6. The van der Waals surface area contributed by atoms with Gasteiger partial charge in [0, 0.05) is 25.6 Å². The highest BCUT2D eigenvalue weighted by atomic mass is 16.4. The fraction of sp³-hybridized carbons (Fsp3) is 0.333. The molecule has 1 unspecified atom stereocenters. The molecule has 1 aromatic heterocycles. The second-order valence-corrected chi connectivity index (χ2v) is 10.5. The zero-order chi connectivity index (χ0) is 26.9. The Bertz CT molecular complexity index is 1340. The molecule has 2 heterocycles. The van der Waals surface area contributed by atoms with E-state index in [4.69, 9.17) is 0 Å². The molecule has 39 heavy (non-hydrogen) atoms. The smallest absolute Gasteiger partial charge is 0.137 e. The van der Waals surface area contributed by atoms with E-state index in [0.717, 1.165) is 56.5 Å². The molecule has 0 radical (unpaired) electrons. The predicted octanol–water partition coefficient (Wildman–Crippen LogP) is 5.32. The molecule has 202 valence electrons. The number of hydrogen-bond acceptors (Lipinski definition) is 4. The SMILES string of the molecule is O=C([O-])N(CC=CC1CCN(CCC(Cn2cnc3ccccc32)c2ccccc2)CC1)Cc1ccccc1. The van der Waals surface area contributed by atoms with Crippen molar-refractivity contribution in [2.45, 2.75) is 38.3 Å². The normalized spacial score (nSPS) is 15.6. The number of benzene rings is 3. The molecule has 0 spiro atoms. The summed E-state index contributed by atoms with van der Waals surface area (Å²) < 4.78 is 2.29. The number of carboxylic acid groups (broad SMARTS) is 1. The lowest BCUT2D eigenvalue weighted by Gasteiger charge is -2.32. The van der Waals surface area contributed by atoms with Crippen LogP contribution in [0.15, 0.2) is 103 Å². The molecule has 1 saturated heterocycles. The quantitative estimate of drug-likeness (QED) is 0.251. The molecule has 4 aromatic rings. The number of fused-ring (bicyclic) bond motifs is 1. The van der Waals surface area contributed by atoms with Crippen LogP contribution in [0.3, 0.4) is 0 Å². The van der Waals surface area contributed by atoms with Crippen molar-refractivity contribution >= 4 is 17.1 Å². The summed E-state index contributed by atoms with van der Waals surface area (Å²) in [4.78, 5) is 20.1. The number of carbonyl (C=O) groups is 1. The summed E-state index contributed by atoms with van der Waals surface area (Å²) in [6, 6.07) is 28.8. The average molecular weight is 522 g/mol. The summed E-state index contributed by atoms with van der Waals surface area (Å²) in [7, 11) is 0. The molecule has 1 amide bonds. The van der Waals surface area contributed by atoms with Gasteiger partial charge in [0.1, 0.15) is 6.09 Å². The van der Waals surface area contributed by atoms with Crippen LogP contribution in [0, 0.1) is 5.92 Å². The van der Waals surface area contributed by atoms with E-state index in [0.29, 0.717) is 24.9 Å². The minimum absolute atomic E-state index is 0.351. The van der Waals surface area contributed by atoms with Gasteiger partial charge in [0.05, 0.1) is 17.4 Å². The maximum absolute atomic E-state index is 11.6. The number of imidazole rings is 1. The zero-order valence-electron chi connectivity index (χ0n) is 22.4. The number of aromatic nitrogens is 2. The van der Waals surface area contributed by atoms with E-state index in [-0.39, 0.29) is 0 Å². The molecular weight excluding hydrogens is 484 g/mol. The summed E-state index contributed by atoms with van der Waals surface area (Å²) in [5.74, 6) is 0.908. The topological polar surface area (TPSA) is 64.4 Å². The zero-order valence-corrected chi connectivity index (χ0v) is 22.4. The molecule has 6 nitrogen and oxygen atoms in total.